The Morgan fingerprint density at radius 1 is 1.20 bits per heavy atom. The van der Waals surface area contributed by atoms with E-state index in [1.807, 2.05) is 4.90 Å². The van der Waals surface area contributed by atoms with E-state index in [2.05, 4.69) is 12.2 Å². The van der Waals surface area contributed by atoms with E-state index in [9.17, 15) is 13.2 Å². The number of fused-ring (bicyclic) bond motifs is 2. The van der Waals surface area contributed by atoms with Crippen LogP contribution in [-0.2, 0) is 10.0 Å². The van der Waals surface area contributed by atoms with Crippen LogP contribution in [0.5, 0.6) is 0 Å². The van der Waals surface area contributed by atoms with Crippen LogP contribution in [0.4, 0.5) is 0 Å². The first-order valence-corrected chi connectivity index (χ1v) is 8.13. The second-order valence-corrected chi connectivity index (χ2v) is 6.81. The molecule has 2 atom stereocenters. The van der Waals surface area contributed by atoms with Gasteiger partial charge in [0.1, 0.15) is 0 Å². The minimum atomic E-state index is -3.72. The molecule has 2 unspecified atom stereocenters. The Hall–Kier alpha value is -1.66. The number of carbonyl (C=O) groups excluding carboxylic acids is 1. The van der Waals surface area contributed by atoms with Crippen LogP contribution in [0.2, 0.25) is 0 Å². The van der Waals surface area contributed by atoms with Crippen LogP contribution >= 0.6 is 0 Å². The minimum Gasteiger partial charge on any atom is -0.329 e. The van der Waals surface area contributed by atoms with E-state index < -0.39 is 10.0 Å². The first kappa shape index (κ1) is 13.3. The lowest BCUT2D eigenvalue weighted by molar-refractivity contribution is 0.0689. The highest BCUT2D eigenvalue weighted by Gasteiger charge is 2.37. The first-order chi connectivity index (χ1) is 9.47. The van der Waals surface area contributed by atoms with E-state index in [0.717, 1.165) is 19.3 Å². The molecule has 0 aromatic heterocycles. The maximum absolute atomic E-state index is 12.5. The van der Waals surface area contributed by atoms with Gasteiger partial charge < -0.3 is 4.90 Å². The van der Waals surface area contributed by atoms with Gasteiger partial charge in [0.15, 0.2) is 0 Å². The third-order valence-electron chi connectivity index (χ3n) is 3.98. The summed E-state index contributed by atoms with van der Waals surface area (Å²) in [5.74, 6) is -0.0391. The van der Waals surface area contributed by atoms with Crippen molar-refractivity contribution >= 4 is 15.9 Å². The lowest BCUT2D eigenvalue weighted by Gasteiger charge is -2.31. The van der Waals surface area contributed by atoms with Crippen molar-refractivity contribution in [1.82, 2.24) is 4.90 Å². The molecule has 106 valence electrons. The van der Waals surface area contributed by atoms with E-state index >= 15 is 0 Å². The highest BCUT2D eigenvalue weighted by Crippen LogP contribution is 2.32. The van der Waals surface area contributed by atoms with E-state index in [-0.39, 0.29) is 22.9 Å². The molecule has 6 heteroatoms. The molecule has 0 aliphatic carbocycles. The first-order valence-electron chi connectivity index (χ1n) is 6.59. The molecule has 2 N–H and O–H groups in total. The summed E-state index contributed by atoms with van der Waals surface area (Å²) in [6.45, 7) is 0. The molecule has 1 amide bonds. The fourth-order valence-corrected chi connectivity index (χ4v) is 3.49. The van der Waals surface area contributed by atoms with Gasteiger partial charge in [-0.05, 0) is 43.5 Å². The molecule has 1 saturated heterocycles. The summed E-state index contributed by atoms with van der Waals surface area (Å²) in [6, 6.07) is 6.27. The maximum atomic E-state index is 12.5. The van der Waals surface area contributed by atoms with Gasteiger partial charge in [-0.1, -0.05) is 12.2 Å². The SMILES string of the molecule is NS(=O)(=O)c1ccc(C(=O)N2C3C=CCC2CC3)cc1. The van der Waals surface area contributed by atoms with Crippen LogP contribution in [0.3, 0.4) is 0 Å². The molecular formula is C14H16N2O3S. The van der Waals surface area contributed by atoms with Gasteiger partial charge in [0, 0.05) is 11.6 Å². The molecule has 2 heterocycles. The molecule has 20 heavy (non-hydrogen) atoms. The highest BCUT2D eigenvalue weighted by molar-refractivity contribution is 7.89. The van der Waals surface area contributed by atoms with Crippen LogP contribution in [-0.4, -0.2) is 31.3 Å². The number of benzene rings is 1. The molecule has 2 aliphatic heterocycles. The summed E-state index contributed by atoms with van der Waals surface area (Å²) in [4.78, 5) is 14.5. The predicted molar refractivity (Wildman–Crippen MR) is 74.6 cm³/mol. The Labute approximate surface area is 118 Å². The molecule has 0 radical (unpaired) electrons. The molecule has 0 spiro atoms. The number of nitrogens with two attached hydrogens (primary N) is 1. The highest BCUT2D eigenvalue weighted by atomic mass is 32.2. The zero-order valence-corrected chi connectivity index (χ0v) is 11.7. The quantitative estimate of drug-likeness (QED) is 0.833. The van der Waals surface area contributed by atoms with Crippen LogP contribution in [0.1, 0.15) is 29.6 Å². The van der Waals surface area contributed by atoms with Crippen molar-refractivity contribution in [2.75, 3.05) is 0 Å². The molecule has 2 bridgehead atoms. The molecule has 1 fully saturated rings. The fraction of sp³-hybridized carbons (Fsp3) is 0.357. The molecule has 3 rings (SSSR count). The Bertz CT molecular complexity index is 664. The Balaban J connectivity index is 1.87. The second-order valence-electron chi connectivity index (χ2n) is 5.24. The number of nitrogens with zero attached hydrogens (tertiary/aromatic N) is 1. The monoisotopic (exact) mass is 292 g/mol. The van der Waals surface area contributed by atoms with Crippen molar-refractivity contribution in [2.45, 2.75) is 36.2 Å². The topological polar surface area (TPSA) is 80.5 Å². The lowest BCUT2D eigenvalue weighted by Crippen LogP contribution is -2.42. The minimum absolute atomic E-state index is 0.0237. The van der Waals surface area contributed by atoms with Crippen molar-refractivity contribution < 1.29 is 13.2 Å². The molecule has 2 aliphatic rings. The normalized spacial score (nSPS) is 24.9. The maximum Gasteiger partial charge on any atom is 0.254 e. The number of sulfonamides is 1. The third-order valence-corrected chi connectivity index (χ3v) is 4.91. The Kier molecular flexibility index (Phi) is 3.14. The lowest BCUT2D eigenvalue weighted by atomic mass is 10.1. The van der Waals surface area contributed by atoms with Crippen molar-refractivity contribution in [3.05, 3.63) is 42.0 Å². The summed E-state index contributed by atoms with van der Waals surface area (Å²) in [5.41, 5.74) is 0.504. The van der Waals surface area contributed by atoms with Gasteiger partial charge in [0.2, 0.25) is 10.0 Å². The fourth-order valence-electron chi connectivity index (χ4n) is 2.98. The zero-order chi connectivity index (χ0) is 14.3. The average Bonchev–Trinajstić information content (AvgIpc) is 2.66. The summed E-state index contributed by atoms with van der Waals surface area (Å²) >= 11 is 0. The van der Waals surface area contributed by atoms with Gasteiger partial charge >= 0.3 is 0 Å². The smallest absolute Gasteiger partial charge is 0.254 e. The van der Waals surface area contributed by atoms with E-state index in [1.54, 1.807) is 0 Å². The van der Waals surface area contributed by atoms with Crippen LogP contribution < -0.4 is 5.14 Å². The number of hydrogen-bond donors (Lipinski definition) is 1. The molecule has 1 aromatic rings. The Morgan fingerprint density at radius 3 is 2.50 bits per heavy atom. The molecule has 5 nitrogen and oxygen atoms in total. The van der Waals surface area contributed by atoms with Gasteiger partial charge in [-0.3, -0.25) is 4.79 Å². The van der Waals surface area contributed by atoms with Gasteiger partial charge in [-0.2, -0.15) is 0 Å². The number of rotatable bonds is 2. The summed E-state index contributed by atoms with van der Waals surface area (Å²) < 4.78 is 22.4. The van der Waals surface area contributed by atoms with Gasteiger partial charge in [0.05, 0.1) is 10.9 Å². The van der Waals surface area contributed by atoms with Crippen molar-refractivity contribution in [1.29, 1.82) is 0 Å². The van der Waals surface area contributed by atoms with E-state index in [0.29, 0.717) is 5.56 Å². The van der Waals surface area contributed by atoms with Crippen molar-refractivity contribution in [3.8, 4) is 0 Å². The van der Waals surface area contributed by atoms with Crippen LogP contribution in [0.15, 0.2) is 41.3 Å². The van der Waals surface area contributed by atoms with Crippen molar-refractivity contribution in [3.63, 3.8) is 0 Å². The van der Waals surface area contributed by atoms with Gasteiger partial charge in [0.25, 0.3) is 5.91 Å². The van der Waals surface area contributed by atoms with Gasteiger partial charge in [-0.25, -0.2) is 13.6 Å². The van der Waals surface area contributed by atoms with Crippen LogP contribution in [0.25, 0.3) is 0 Å². The average molecular weight is 292 g/mol. The van der Waals surface area contributed by atoms with E-state index in [4.69, 9.17) is 5.14 Å². The number of primary sulfonamides is 1. The number of amides is 1. The number of hydrogen-bond acceptors (Lipinski definition) is 3. The predicted octanol–water partition coefficient (Wildman–Crippen LogP) is 1.27. The molecule has 1 aromatic carbocycles. The largest absolute Gasteiger partial charge is 0.329 e. The van der Waals surface area contributed by atoms with Gasteiger partial charge in [-0.15, -0.1) is 0 Å². The summed E-state index contributed by atoms with van der Waals surface area (Å²) in [5, 5.41) is 5.05. The van der Waals surface area contributed by atoms with Crippen LogP contribution in [0, 0.1) is 0 Å². The third kappa shape index (κ3) is 2.25. The van der Waals surface area contributed by atoms with E-state index in [1.165, 1.54) is 24.3 Å². The van der Waals surface area contributed by atoms with Crippen molar-refractivity contribution in [2.24, 2.45) is 5.14 Å². The summed E-state index contributed by atoms with van der Waals surface area (Å²) in [7, 11) is -3.72. The number of carbonyl (C=O) groups is 1. The zero-order valence-electron chi connectivity index (χ0n) is 10.9. The molecule has 0 saturated carbocycles. The summed E-state index contributed by atoms with van der Waals surface area (Å²) in [6.07, 6.45) is 7.15. The Morgan fingerprint density at radius 2 is 1.90 bits per heavy atom. The molecular weight excluding hydrogens is 276 g/mol. The standard InChI is InChI=1S/C14H16N2O3S/c15-20(18,19)13-8-4-10(5-9-13)14(17)16-11-2-1-3-12(16)7-6-11/h1-2,4-5,8-9,11-12H,3,6-7H2,(H2,15,18,19). The second kappa shape index (κ2) is 4.71.